The molecule has 1 aromatic carbocycles. The highest BCUT2D eigenvalue weighted by Gasteiger charge is 2.31. The molecule has 1 aromatic heterocycles. The van der Waals surface area contributed by atoms with Crippen molar-refractivity contribution in [1.82, 2.24) is 14.9 Å². The molecule has 2 aromatic rings. The average Bonchev–Trinajstić information content (AvgIpc) is 3.16. The minimum absolute atomic E-state index is 0.103. The summed E-state index contributed by atoms with van der Waals surface area (Å²) in [4.78, 5) is 28.6. The van der Waals surface area contributed by atoms with Gasteiger partial charge in [-0.2, -0.15) is 0 Å². The molecule has 1 aliphatic rings. The van der Waals surface area contributed by atoms with Gasteiger partial charge in [-0.1, -0.05) is 0 Å². The fraction of sp³-hybridized carbons (Fsp3) is 0.476. The molecule has 7 nitrogen and oxygen atoms in total. The number of aryl methyl sites for hydroxylation is 1. The van der Waals surface area contributed by atoms with Gasteiger partial charge in [-0.05, 0) is 57.2 Å². The maximum atomic E-state index is 14.1. The number of fused-ring (bicyclic) bond motifs is 1. The summed E-state index contributed by atoms with van der Waals surface area (Å²) in [5, 5.41) is 5.91. The van der Waals surface area contributed by atoms with Crippen molar-refractivity contribution in [2.75, 3.05) is 12.4 Å². The Morgan fingerprint density at radius 1 is 1.33 bits per heavy atom. The van der Waals surface area contributed by atoms with Crippen LogP contribution >= 0.6 is 0 Å². The van der Waals surface area contributed by atoms with Crippen LogP contribution in [0.15, 0.2) is 24.7 Å². The maximum Gasteiger partial charge on any atom is 0.331 e. The monoisotopic (exact) mass is 420 g/mol. The predicted molar refractivity (Wildman–Crippen MR) is 107 cm³/mol. The van der Waals surface area contributed by atoms with Crippen LogP contribution in [0.5, 0.6) is 0 Å². The molecule has 0 bridgehead atoms. The summed E-state index contributed by atoms with van der Waals surface area (Å²) in [6.45, 7) is 5.08. The van der Waals surface area contributed by atoms with Crippen molar-refractivity contribution in [2.45, 2.75) is 57.7 Å². The molecule has 2 unspecified atom stereocenters. The summed E-state index contributed by atoms with van der Waals surface area (Å²) < 4.78 is 33.8. The van der Waals surface area contributed by atoms with Gasteiger partial charge in [0.05, 0.1) is 19.5 Å². The largest absolute Gasteiger partial charge is 0.467 e. The maximum absolute atomic E-state index is 14.1. The summed E-state index contributed by atoms with van der Waals surface area (Å²) >= 11 is 0. The van der Waals surface area contributed by atoms with Crippen molar-refractivity contribution in [3.05, 3.63) is 47.4 Å². The lowest BCUT2D eigenvalue weighted by Crippen LogP contribution is -2.46. The predicted octanol–water partition coefficient (Wildman–Crippen LogP) is 2.54. The molecule has 0 saturated heterocycles. The number of ether oxygens (including phenoxy) is 1. The number of imidazole rings is 1. The van der Waals surface area contributed by atoms with E-state index in [1.165, 1.54) is 19.5 Å². The number of benzene rings is 1. The van der Waals surface area contributed by atoms with Gasteiger partial charge in [0.15, 0.2) is 5.82 Å². The Hall–Kier alpha value is -2.81. The van der Waals surface area contributed by atoms with Gasteiger partial charge >= 0.3 is 5.97 Å². The van der Waals surface area contributed by atoms with Crippen LogP contribution in [0.3, 0.4) is 0 Å². The van der Waals surface area contributed by atoms with Crippen LogP contribution in [0.1, 0.15) is 38.3 Å². The first-order valence-electron chi connectivity index (χ1n) is 9.78. The molecule has 0 aliphatic heterocycles. The Morgan fingerprint density at radius 3 is 2.77 bits per heavy atom. The van der Waals surface area contributed by atoms with E-state index in [1.54, 1.807) is 31.5 Å². The first-order chi connectivity index (χ1) is 14.1. The van der Waals surface area contributed by atoms with E-state index in [1.807, 2.05) is 0 Å². The topological polar surface area (TPSA) is 85.2 Å². The number of nitrogens with zero attached hydrogens (tertiary/aromatic N) is 2. The number of hydrogen-bond donors (Lipinski definition) is 2. The third-order valence-electron chi connectivity index (χ3n) is 5.51. The third-order valence-corrected chi connectivity index (χ3v) is 5.51. The summed E-state index contributed by atoms with van der Waals surface area (Å²) in [7, 11) is 1.31. The first-order valence-corrected chi connectivity index (χ1v) is 9.78. The van der Waals surface area contributed by atoms with Crippen molar-refractivity contribution < 1.29 is 23.1 Å². The van der Waals surface area contributed by atoms with Gasteiger partial charge in [0, 0.05) is 18.3 Å². The molecule has 1 aliphatic carbocycles. The zero-order chi connectivity index (χ0) is 22.1. The van der Waals surface area contributed by atoms with Crippen molar-refractivity contribution >= 4 is 17.7 Å². The van der Waals surface area contributed by atoms with E-state index in [0.717, 1.165) is 6.07 Å². The second-order valence-corrected chi connectivity index (χ2v) is 8.06. The highest BCUT2D eigenvalue weighted by molar-refractivity contribution is 5.93. The third kappa shape index (κ3) is 4.51. The van der Waals surface area contributed by atoms with Crippen molar-refractivity contribution in [3.63, 3.8) is 0 Å². The van der Waals surface area contributed by atoms with E-state index in [9.17, 15) is 18.4 Å². The van der Waals surface area contributed by atoms with Crippen LogP contribution in [0, 0.1) is 11.6 Å². The van der Waals surface area contributed by atoms with E-state index < -0.39 is 29.2 Å². The second kappa shape index (κ2) is 8.51. The van der Waals surface area contributed by atoms with Gasteiger partial charge in [0.1, 0.15) is 17.2 Å². The smallest absolute Gasteiger partial charge is 0.331 e. The summed E-state index contributed by atoms with van der Waals surface area (Å²) in [5.74, 6) is -1.55. The number of carbonyl (C=O) groups excluding carboxylic acids is 2. The van der Waals surface area contributed by atoms with E-state index in [4.69, 9.17) is 4.74 Å². The molecule has 3 rings (SSSR count). The number of carbonyl (C=O) groups is 2. The number of amides is 1. The van der Waals surface area contributed by atoms with Crippen LogP contribution < -0.4 is 10.6 Å². The molecule has 30 heavy (non-hydrogen) atoms. The lowest BCUT2D eigenvalue weighted by molar-refractivity contribution is -0.149. The number of anilines is 1. The van der Waals surface area contributed by atoms with Gasteiger partial charge in [-0.3, -0.25) is 4.79 Å². The Bertz CT molecular complexity index is 958. The summed E-state index contributed by atoms with van der Waals surface area (Å²) in [6, 6.07) is 1.60. The molecule has 0 spiro atoms. The number of aromatic nitrogens is 2. The zero-order valence-electron chi connectivity index (χ0n) is 17.5. The molecule has 0 saturated carbocycles. The molecule has 162 valence electrons. The molecule has 9 heteroatoms. The van der Waals surface area contributed by atoms with Gasteiger partial charge < -0.3 is 19.9 Å². The van der Waals surface area contributed by atoms with Gasteiger partial charge in [0.2, 0.25) is 5.91 Å². The van der Waals surface area contributed by atoms with E-state index >= 15 is 0 Å². The Balaban J connectivity index is 1.60. The van der Waals surface area contributed by atoms with Crippen LogP contribution in [-0.4, -0.2) is 40.6 Å². The molecule has 1 heterocycles. The molecular weight excluding hydrogens is 394 g/mol. The average molecular weight is 420 g/mol. The first kappa shape index (κ1) is 21.9. The standard InChI is InChI=1S/C21H26F2N4O3/c1-12(25-15-6-5-13-7-14(22)8-17(23)16(13)9-15)19(28)26-18-10-27(11-24-18)21(2,3)20(29)30-4/h7-8,10-12,15,25H,5-6,9H2,1-4H3,(H,26,28). The Kier molecular flexibility index (Phi) is 6.21. The van der Waals surface area contributed by atoms with E-state index in [0.29, 0.717) is 36.2 Å². The number of halogens is 2. The fourth-order valence-corrected chi connectivity index (χ4v) is 3.64. The molecule has 2 N–H and O–H groups in total. The van der Waals surface area contributed by atoms with Crippen LogP contribution in [-0.2, 0) is 32.7 Å². The normalized spacial score (nSPS) is 17.2. The minimum Gasteiger partial charge on any atom is -0.467 e. The molecule has 2 atom stereocenters. The second-order valence-electron chi connectivity index (χ2n) is 8.06. The fourth-order valence-electron chi connectivity index (χ4n) is 3.64. The number of rotatable bonds is 6. The molecule has 0 fully saturated rings. The van der Waals surface area contributed by atoms with Gasteiger partial charge in [0.25, 0.3) is 0 Å². The molecule has 1 amide bonds. The van der Waals surface area contributed by atoms with Crippen LogP contribution in [0.25, 0.3) is 0 Å². The lowest BCUT2D eigenvalue weighted by Gasteiger charge is -2.28. The number of hydrogen-bond acceptors (Lipinski definition) is 5. The number of methoxy groups -OCH3 is 1. The van der Waals surface area contributed by atoms with Crippen LogP contribution in [0.4, 0.5) is 14.6 Å². The lowest BCUT2D eigenvalue weighted by atomic mass is 9.87. The SMILES string of the molecule is COC(=O)C(C)(C)n1cnc(NC(=O)C(C)NC2CCc3cc(F)cc(F)c3C2)c1. The molecule has 0 radical (unpaired) electrons. The van der Waals surface area contributed by atoms with Crippen molar-refractivity contribution in [2.24, 2.45) is 0 Å². The van der Waals surface area contributed by atoms with E-state index in [2.05, 4.69) is 15.6 Å². The highest BCUT2D eigenvalue weighted by Crippen LogP contribution is 2.25. The number of nitrogens with one attached hydrogen (secondary N) is 2. The van der Waals surface area contributed by atoms with Crippen molar-refractivity contribution in [3.8, 4) is 0 Å². The minimum atomic E-state index is -0.965. The summed E-state index contributed by atoms with van der Waals surface area (Å²) in [5.41, 5.74) is 0.214. The van der Waals surface area contributed by atoms with E-state index in [-0.39, 0.29) is 11.9 Å². The zero-order valence-corrected chi connectivity index (χ0v) is 17.5. The number of esters is 1. The quantitative estimate of drug-likeness (QED) is 0.702. The van der Waals surface area contributed by atoms with Crippen molar-refractivity contribution in [1.29, 1.82) is 0 Å². The molecular formula is C21H26F2N4O3. The summed E-state index contributed by atoms with van der Waals surface area (Å²) in [6.07, 6.45) is 4.62. The highest BCUT2D eigenvalue weighted by atomic mass is 19.1. The van der Waals surface area contributed by atoms with Gasteiger partial charge in [-0.15, -0.1) is 0 Å². The van der Waals surface area contributed by atoms with Gasteiger partial charge in [-0.25, -0.2) is 18.6 Å². The Morgan fingerprint density at radius 2 is 2.07 bits per heavy atom. The van der Waals surface area contributed by atoms with Crippen LogP contribution in [0.2, 0.25) is 0 Å². The Labute approximate surface area is 173 Å².